The number of benzene rings is 1. The topological polar surface area (TPSA) is 29.5 Å². The van der Waals surface area contributed by atoms with Crippen LogP contribution in [-0.4, -0.2) is 44.0 Å². The van der Waals surface area contributed by atoms with Crippen molar-refractivity contribution in [3.63, 3.8) is 0 Å². The fourth-order valence-corrected chi connectivity index (χ4v) is 2.18. The molecule has 0 saturated carbocycles. The summed E-state index contributed by atoms with van der Waals surface area (Å²) in [5.74, 6) is 0. The van der Waals surface area contributed by atoms with E-state index in [0.717, 1.165) is 51.1 Å². The van der Waals surface area contributed by atoms with E-state index >= 15 is 0 Å². The van der Waals surface area contributed by atoms with Gasteiger partial charge in [0.2, 0.25) is 0 Å². The van der Waals surface area contributed by atoms with E-state index in [4.69, 9.17) is 4.74 Å². The van der Waals surface area contributed by atoms with Crippen LogP contribution >= 0.6 is 0 Å². The number of ether oxygens (including phenoxy) is 1. The molecule has 0 atom stereocenters. The Kier molecular flexibility index (Phi) is 4.29. The van der Waals surface area contributed by atoms with Gasteiger partial charge in [-0.15, -0.1) is 0 Å². The fraction of sp³-hybridized carbons (Fsp3) is 0.500. The molecular weight excluding hydrogens is 214 g/mol. The molecule has 0 spiro atoms. The summed E-state index contributed by atoms with van der Waals surface area (Å²) >= 11 is 0. The van der Waals surface area contributed by atoms with Crippen LogP contribution in [-0.2, 0) is 11.2 Å². The maximum Gasteiger partial charge on any atom is 0.150 e. The van der Waals surface area contributed by atoms with Gasteiger partial charge in [0.15, 0.2) is 0 Å². The fourth-order valence-electron chi connectivity index (χ4n) is 2.18. The van der Waals surface area contributed by atoms with Crippen LogP contribution in [0.3, 0.4) is 0 Å². The molecule has 1 aromatic rings. The first-order valence-electron chi connectivity index (χ1n) is 6.14. The quantitative estimate of drug-likeness (QED) is 0.741. The molecule has 0 unspecified atom stereocenters. The largest absolute Gasteiger partial charge is 0.379 e. The molecule has 1 aliphatic rings. The minimum absolute atomic E-state index is 0.762. The van der Waals surface area contributed by atoms with Crippen LogP contribution in [0.5, 0.6) is 0 Å². The van der Waals surface area contributed by atoms with Gasteiger partial charge in [0.05, 0.1) is 13.2 Å². The number of carbonyl (C=O) groups excluding carboxylic acids is 1. The van der Waals surface area contributed by atoms with Gasteiger partial charge in [-0.3, -0.25) is 9.69 Å². The predicted molar refractivity (Wildman–Crippen MR) is 67.5 cm³/mol. The molecule has 0 amide bonds. The number of carbonyl (C=O) groups is 1. The van der Waals surface area contributed by atoms with Crippen molar-refractivity contribution in [2.75, 3.05) is 32.8 Å². The number of morpholine rings is 1. The molecule has 0 radical (unpaired) electrons. The van der Waals surface area contributed by atoms with E-state index in [1.165, 1.54) is 11.1 Å². The maximum atomic E-state index is 10.7. The summed E-state index contributed by atoms with van der Waals surface area (Å²) in [7, 11) is 0. The Morgan fingerprint density at radius 1 is 1.35 bits per heavy atom. The molecule has 0 aromatic heterocycles. The summed E-state index contributed by atoms with van der Waals surface area (Å²) < 4.78 is 5.33. The van der Waals surface area contributed by atoms with Gasteiger partial charge in [-0.05, 0) is 30.5 Å². The molecule has 17 heavy (non-hydrogen) atoms. The van der Waals surface area contributed by atoms with Crippen LogP contribution in [0.4, 0.5) is 0 Å². The SMILES string of the molecule is Cc1cc(C=O)ccc1CCN1CCOCC1. The van der Waals surface area contributed by atoms with Gasteiger partial charge in [-0.25, -0.2) is 0 Å². The number of aryl methyl sites for hydroxylation is 1. The van der Waals surface area contributed by atoms with Gasteiger partial charge in [0.1, 0.15) is 6.29 Å². The monoisotopic (exact) mass is 233 g/mol. The predicted octanol–water partition coefficient (Wildman–Crippen LogP) is 1.68. The normalized spacial score (nSPS) is 17.0. The van der Waals surface area contributed by atoms with Gasteiger partial charge in [-0.1, -0.05) is 12.1 Å². The number of nitrogens with zero attached hydrogens (tertiary/aromatic N) is 1. The number of aldehydes is 1. The lowest BCUT2D eigenvalue weighted by Crippen LogP contribution is -2.37. The molecule has 1 saturated heterocycles. The summed E-state index contributed by atoms with van der Waals surface area (Å²) in [6, 6.07) is 5.93. The average molecular weight is 233 g/mol. The lowest BCUT2D eigenvalue weighted by molar-refractivity contribution is 0.0384. The Balaban J connectivity index is 1.91. The van der Waals surface area contributed by atoms with E-state index in [9.17, 15) is 4.79 Å². The van der Waals surface area contributed by atoms with Gasteiger partial charge in [0.25, 0.3) is 0 Å². The smallest absolute Gasteiger partial charge is 0.150 e. The van der Waals surface area contributed by atoms with Gasteiger partial charge in [-0.2, -0.15) is 0 Å². The Bertz CT molecular complexity index is 384. The molecule has 92 valence electrons. The molecule has 1 fully saturated rings. The van der Waals surface area contributed by atoms with Crippen LogP contribution in [0, 0.1) is 6.92 Å². The van der Waals surface area contributed by atoms with E-state index in [1.807, 2.05) is 12.1 Å². The first-order valence-corrected chi connectivity index (χ1v) is 6.14. The van der Waals surface area contributed by atoms with Crippen molar-refractivity contribution < 1.29 is 9.53 Å². The molecular formula is C14H19NO2. The van der Waals surface area contributed by atoms with E-state index in [0.29, 0.717) is 0 Å². The van der Waals surface area contributed by atoms with Crippen molar-refractivity contribution in [1.82, 2.24) is 4.90 Å². The highest BCUT2D eigenvalue weighted by molar-refractivity contribution is 5.75. The molecule has 1 heterocycles. The second-order valence-corrected chi connectivity index (χ2v) is 4.51. The second-order valence-electron chi connectivity index (χ2n) is 4.51. The first kappa shape index (κ1) is 12.3. The highest BCUT2D eigenvalue weighted by Gasteiger charge is 2.10. The Morgan fingerprint density at radius 2 is 2.12 bits per heavy atom. The van der Waals surface area contributed by atoms with E-state index in [2.05, 4.69) is 17.9 Å². The molecule has 0 aliphatic carbocycles. The van der Waals surface area contributed by atoms with E-state index in [1.54, 1.807) is 0 Å². The zero-order valence-electron chi connectivity index (χ0n) is 10.3. The molecule has 2 rings (SSSR count). The number of rotatable bonds is 4. The van der Waals surface area contributed by atoms with E-state index in [-0.39, 0.29) is 0 Å². The van der Waals surface area contributed by atoms with Gasteiger partial charge in [0, 0.05) is 25.2 Å². The number of hydrogen-bond donors (Lipinski definition) is 0. The third-order valence-electron chi connectivity index (χ3n) is 3.30. The van der Waals surface area contributed by atoms with Gasteiger partial charge >= 0.3 is 0 Å². The van der Waals surface area contributed by atoms with Crippen LogP contribution in [0.1, 0.15) is 21.5 Å². The third-order valence-corrected chi connectivity index (χ3v) is 3.30. The lowest BCUT2D eigenvalue weighted by atomic mass is 10.0. The van der Waals surface area contributed by atoms with Crippen molar-refractivity contribution in [3.05, 3.63) is 34.9 Å². The highest BCUT2D eigenvalue weighted by Crippen LogP contribution is 2.11. The Morgan fingerprint density at radius 3 is 2.76 bits per heavy atom. The summed E-state index contributed by atoms with van der Waals surface area (Å²) in [5.41, 5.74) is 3.31. The van der Waals surface area contributed by atoms with Crippen LogP contribution in [0.15, 0.2) is 18.2 Å². The highest BCUT2D eigenvalue weighted by atomic mass is 16.5. The third kappa shape index (κ3) is 3.38. The average Bonchev–Trinajstić information content (AvgIpc) is 2.38. The number of hydrogen-bond acceptors (Lipinski definition) is 3. The Labute approximate surface area is 102 Å². The molecule has 0 bridgehead atoms. The molecule has 0 N–H and O–H groups in total. The van der Waals surface area contributed by atoms with Crippen molar-refractivity contribution >= 4 is 6.29 Å². The van der Waals surface area contributed by atoms with Gasteiger partial charge < -0.3 is 4.74 Å². The van der Waals surface area contributed by atoms with E-state index < -0.39 is 0 Å². The minimum Gasteiger partial charge on any atom is -0.379 e. The molecule has 3 nitrogen and oxygen atoms in total. The standard InChI is InChI=1S/C14H19NO2/c1-12-10-13(11-16)2-3-14(12)4-5-15-6-8-17-9-7-15/h2-3,10-11H,4-9H2,1H3. The first-order chi connectivity index (χ1) is 8.29. The zero-order chi connectivity index (χ0) is 12.1. The summed E-state index contributed by atoms with van der Waals surface area (Å²) in [6.07, 6.45) is 1.95. The zero-order valence-corrected chi connectivity index (χ0v) is 10.3. The van der Waals surface area contributed by atoms with Crippen LogP contribution < -0.4 is 0 Å². The molecule has 1 aromatic carbocycles. The van der Waals surface area contributed by atoms with Crippen molar-refractivity contribution in [2.45, 2.75) is 13.3 Å². The summed E-state index contributed by atoms with van der Waals surface area (Å²) in [5, 5.41) is 0. The van der Waals surface area contributed by atoms with Crippen molar-refractivity contribution in [1.29, 1.82) is 0 Å². The minimum atomic E-state index is 0.762. The van der Waals surface area contributed by atoms with Crippen molar-refractivity contribution in [2.24, 2.45) is 0 Å². The van der Waals surface area contributed by atoms with Crippen LogP contribution in [0.25, 0.3) is 0 Å². The molecule has 3 heteroatoms. The summed E-state index contributed by atoms with van der Waals surface area (Å²) in [4.78, 5) is 13.1. The Hall–Kier alpha value is -1.19. The molecule has 1 aliphatic heterocycles. The lowest BCUT2D eigenvalue weighted by Gasteiger charge is -2.26. The maximum absolute atomic E-state index is 10.7. The summed E-state index contributed by atoms with van der Waals surface area (Å²) in [6.45, 7) is 6.91. The second kappa shape index (κ2) is 5.94. The van der Waals surface area contributed by atoms with Crippen molar-refractivity contribution in [3.8, 4) is 0 Å². The van der Waals surface area contributed by atoms with Crippen LogP contribution in [0.2, 0.25) is 0 Å².